The van der Waals surface area contributed by atoms with Crippen LogP contribution in [0, 0.1) is 12.7 Å². The van der Waals surface area contributed by atoms with Gasteiger partial charge in [0.1, 0.15) is 22.3 Å². The number of amides is 2. The van der Waals surface area contributed by atoms with Gasteiger partial charge < -0.3 is 14.7 Å². The van der Waals surface area contributed by atoms with Crippen molar-refractivity contribution in [3.63, 3.8) is 0 Å². The van der Waals surface area contributed by atoms with Crippen LogP contribution in [0.5, 0.6) is 5.75 Å². The molecule has 0 spiro atoms. The second kappa shape index (κ2) is 12.2. The molecule has 208 valence electrons. The van der Waals surface area contributed by atoms with Crippen LogP contribution in [-0.4, -0.2) is 54.1 Å². The van der Waals surface area contributed by atoms with Gasteiger partial charge in [-0.1, -0.05) is 24.3 Å². The number of hydrogen-bond acceptors (Lipinski definition) is 8. The number of halogens is 1. The van der Waals surface area contributed by atoms with E-state index in [0.717, 1.165) is 5.56 Å². The van der Waals surface area contributed by atoms with Crippen molar-refractivity contribution in [1.82, 2.24) is 14.6 Å². The van der Waals surface area contributed by atoms with Gasteiger partial charge >= 0.3 is 0 Å². The van der Waals surface area contributed by atoms with Crippen LogP contribution in [0.3, 0.4) is 0 Å². The molecule has 1 aliphatic carbocycles. The fourth-order valence-electron chi connectivity index (χ4n) is 4.07. The fourth-order valence-corrected chi connectivity index (χ4v) is 6.29. The van der Waals surface area contributed by atoms with Crippen molar-refractivity contribution in [3.8, 4) is 5.75 Å². The minimum atomic E-state index is -3.74. The maximum atomic E-state index is 13.6. The number of methoxy groups -OCH3 is 1. The molecule has 1 heterocycles. The van der Waals surface area contributed by atoms with Gasteiger partial charge in [-0.25, -0.2) is 22.5 Å². The second-order valence-electron chi connectivity index (χ2n) is 9.36. The van der Waals surface area contributed by atoms with Crippen LogP contribution >= 0.6 is 11.3 Å². The van der Waals surface area contributed by atoms with Crippen molar-refractivity contribution in [1.29, 1.82) is 0 Å². The van der Waals surface area contributed by atoms with Gasteiger partial charge in [-0.15, -0.1) is 11.3 Å². The number of aryl methyl sites for hydroxylation is 2. The van der Waals surface area contributed by atoms with Gasteiger partial charge in [-0.05, 0) is 68.0 Å². The zero-order valence-electron chi connectivity index (χ0n) is 21.6. The molecule has 4 rings (SSSR count). The highest BCUT2D eigenvalue weighted by molar-refractivity contribution is 7.91. The molecule has 1 fully saturated rings. The zero-order chi connectivity index (χ0) is 28.2. The molecule has 0 radical (unpaired) electrons. The van der Waals surface area contributed by atoms with Gasteiger partial charge in [0, 0.05) is 11.4 Å². The Hall–Kier alpha value is -3.35. The molecule has 12 heteroatoms. The van der Waals surface area contributed by atoms with Gasteiger partial charge in [0.25, 0.3) is 11.8 Å². The number of nitrogens with zero attached hydrogens (tertiary/aromatic N) is 2. The summed E-state index contributed by atoms with van der Waals surface area (Å²) in [5.74, 6) is -1.13. The maximum absolute atomic E-state index is 13.6. The number of benzene rings is 2. The van der Waals surface area contributed by atoms with E-state index in [1.165, 1.54) is 35.5 Å². The molecule has 3 aromatic rings. The highest BCUT2D eigenvalue weighted by atomic mass is 32.2. The third-order valence-electron chi connectivity index (χ3n) is 6.34. The first-order valence-electron chi connectivity index (χ1n) is 12.4. The molecular weight excluding hydrogens is 545 g/mol. The lowest BCUT2D eigenvalue weighted by Gasteiger charge is -2.25. The Morgan fingerprint density at radius 2 is 1.95 bits per heavy atom. The van der Waals surface area contributed by atoms with Gasteiger partial charge in [-0.3, -0.25) is 9.59 Å². The first kappa shape index (κ1) is 28.7. The van der Waals surface area contributed by atoms with Crippen molar-refractivity contribution in [2.45, 2.75) is 50.5 Å². The number of aromatic nitrogens is 1. The summed E-state index contributed by atoms with van der Waals surface area (Å²) in [7, 11) is -2.22. The van der Waals surface area contributed by atoms with Gasteiger partial charge in [0.05, 0.1) is 18.9 Å². The van der Waals surface area contributed by atoms with E-state index in [9.17, 15) is 27.5 Å². The third-order valence-corrected chi connectivity index (χ3v) is 9.11. The van der Waals surface area contributed by atoms with E-state index in [1.807, 2.05) is 0 Å². The summed E-state index contributed by atoms with van der Waals surface area (Å²) in [5.41, 5.74) is 1.15. The maximum Gasteiger partial charge on any atom is 0.284 e. The van der Waals surface area contributed by atoms with Gasteiger partial charge in [0.2, 0.25) is 10.0 Å². The fraction of sp³-hybridized carbons (Fsp3) is 0.370. The number of sulfonamides is 1. The predicted molar refractivity (Wildman–Crippen MR) is 144 cm³/mol. The van der Waals surface area contributed by atoms with E-state index in [1.54, 1.807) is 43.3 Å². The number of nitrogens with one attached hydrogen (secondary N) is 1. The van der Waals surface area contributed by atoms with Crippen LogP contribution in [0.1, 0.15) is 56.9 Å². The summed E-state index contributed by atoms with van der Waals surface area (Å²) in [5, 5.41) is 10.7. The average molecular weight is 576 g/mol. The van der Waals surface area contributed by atoms with Crippen molar-refractivity contribution >= 4 is 33.2 Å². The standard InChI is InChI=1S/C27H30FN3O6S2/c1-17-24(26(33)30-39(35,36)22-12-13-22)29-23(38-17)16-31(14-4-6-18-5-3-7-20(28)15-18)27(34)25(32)19-8-10-21(37-2)11-9-19/h3,5,7-11,15,22,25,32H,4,6,12-14,16H2,1-2H3,(H,30,33)/t25-/m1/s1. The van der Waals surface area contributed by atoms with Crippen LogP contribution in [0.25, 0.3) is 0 Å². The van der Waals surface area contributed by atoms with Crippen LogP contribution in [0.4, 0.5) is 4.39 Å². The van der Waals surface area contributed by atoms with Crippen LogP contribution in [0.15, 0.2) is 48.5 Å². The van der Waals surface area contributed by atoms with Gasteiger partial charge in [0.15, 0.2) is 6.10 Å². The van der Waals surface area contributed by atoms with E-state index in [2.05, 4.69) is 9.71 Å². The molecule has 1 atom stereocenters. The molecule has 1 aliphatic rings. The Balaban J connectivity index is 1.50. The Labute approximate surface area is 230 Å². The van der Waals surface area contributed by atoms with E-state index >= 15 is 0 Å². The van der Waals surface area contributed by atoms with Crippen LogP contribution < -0.4 is 9.46 Å². The minimum Gasteiger partial charge on any atom is -0.497 e. The first-order chi connectivity index (χ1) is 18.6. The lowest BCUT2D eigenvalue weighted by atomic mass is 10.1. The quantitative estimate of drug-likeness (QED) is 0.339. The molecule has 0 unspecified atom stereocenters. The number of carbonyl (C=O) groups excluding carboxylic acids is 2. The molecule has 0 saturated heterocycles. The van der Waals surface area contributed by atoms with E-state index in [4.69, 9.17) is 4.74 Å². The molecule has 9 nitrogen and oxygen atoms in total. The summed E-state index contributed by atoms with van der Waals surface area (Å²) < 4.78 is 45.2. The number of aliphatic hydroxyl groups excluding tert-OH is 1. The smallest absolute Gasteiger partial charge is 0.284 e. The van der Waals surface area contributed by atoms with E-state index in [0.29, 0.717) is 46.9 Å². The summed E-state index contributed by atoms with van der Waals surface area (Å²) in [4.78, 5) is 32.3. The topological polar surface area (TPSA) is 126 Å². The van der Waals surface area contributed by atoms with Crippen molar-refractivity contribution in [2.24, 2.45) is 0 Å². The second-order valence-corrected chi connectivity index (χ2v) is 12.6. The van der Waals surface area contributed by atoms with Crippen LogP contribution in [-0.2, 0) is 27.8 Å². The molecule has 2 aromatic carbocycles. The van der Waals surface area contributed by atoms with E-state index < -0.39 is 33.2 Å². The largest absolute Gasteiger partial charge is 0.497 e. The Morgan fingerprint density at radius 1 is 1.23 bits per heavy atom. The highest BCUT2D eigenvalue weighted by Crippen LogP contribution is 2.28. The number of ether oxygens (including phenoxy) is 1. The minimum absolute atomic E-state index is 0.00333. The lowest BCUT2D eigenvalue weighted by molar-refractivity contribution is -0.141. The number of rotatable bonds is 12. The molecule has 2 N–H and O–H groups in total. The average Bonchev–Trinajstić information content (AvgIpc) is 3.71. The van der Waals surface area contributed by atoms with Crippen molar-refractivity contribution in [3.05, 3.63) is 81.1 Å². The van der Waals surface area contributed by atoms with Crippen molar-refractivity contribution in [2.75, 3.05) is 13.7 Å². The number of hydrogen-bond donors (Lipinski definition) is 2. The number of thiazole rings is 1. The van der Waals surface area contributed by atoms with Gasteiger partial charge in [-0.2, -0.15) is 0 Å². The Morgan fingerprint density at radius 3 is 2.59 bits per heavy atom. The van der Waals surface area contributed by atoms with E-state index in [-0.39, 0.29) is 24.6 Å². The number of aliphatic hydroxyl groups is 1. The molecule has 0 bridgehead atoms. The Kier molecular flexibility index (Phi) is 8.98. The lowest BCUT2D eigenvalue weighted by Crippen LogP contribution is -2.36. The molecular formula is C27H30FN3O6S2. The molecule has 0 aliphatic heterocycles. The molecule has 39 heavy (non-hydrogen) atoms. The third kappa shape index (κ3) is 7.40. The zero-order valence-corrected chi connectivity index (χ0v) is 23.2. The Bertz CT molecular complexity index is 1440. The van der Waals surface area contributed by atoms with Crippen molar-refractivity contribution < 1.29 is 32.2 Å². The summed E-state index contributed by atoms with van der Waals surface area (Å²) >= 11 is 1.17. The highest BCUT2D eigenvalue weighted by Gasteiger charge is 2.37. The molecule has 1 aromatic heterocycles. The monoisotopic (exact) mass is 575 g/mol. The molecule has 1 saturated carbocycles. The number of carbonyl (C=O) groups is 2. The summed E-state index contributed by atoms with van der Waals surface area (Å²) in [6.07, 6.45) is 0.587. The summed E-state index contributed by atoms with van der Waals surface area (Å²) in [6.45, 7) is 1.89. The molecule has 2 amide bonds. The first-order valence-corrected chi connectivity index (χ1v) is 14.8. The predicted octanol–water partition coefficient (Wildman–Crippen LogP) is 3.52. The SMILES string of the molecule is COc1ccc([C@@H](O)C(=O)N(CCCc2cccc(F)c2)Cc2nc(C(=O)NS(=O)(=O)C3CC3)c(C)s2)cc1. The normalized spacial score (nSPS) is 14.1. The summed E-state index contributed by atoms with van der Waals surface area (Å²) in [6, 6.07) is 12.7. The van der Waals surface area contributed by atoms with Crippen LogP contribution in [0.2, 0.25) is 0 Å².